The number of hydrogen-bond acceptors (Lipinski definition) is 3. The van der Waals surface area contributed by atoms with E-state index in [1.54, 1.807) is 10.9 Å². The van der Waals surface area contributed by atoms with Crippen molar-refractivity contribution in [3.63, 3.8) is 0 Å². The summed E-state index contributed by atoms with van der Waals surface area (Å²) in [6.07, 6.45) is 6.47. The Bertz CT molecular complexity index is 512. The van der Waals surface area contributed by atoms with Crippen molar-refractivity contribution in [1.29, 1.82) is 0 Å². The molecule has 0 amide bonds. The topological polar surface area (TPSA) is 42.7 Å². The predicted molar refractivity (Wildman–Crippen MR) is 72.3 cm³/mol. The van der Waals surface area contributed by atoms with Crippen molar-refractivity contribution in [2.75, 3.05) is 11.9 Å². The lowest BCUT2D eigenvalue weighted by Crippen LogP contribution is -2.06. The Balaban J connectivity index is 1.90. The van der Waals surface area contributed by atoms with Gasteiger partial charge in [-0.1, -0.05) is 11.6 Å². The molecule has 0 saturated heterocycles. The molecule has 0 aliphatic heterocycles. The van der Waals surface area contributed by atoms with E-state index in [2.05, 4.69) is 31.3 Å². The van der Waals surface area contributed by atoms with E-state index in [9.17, 15) is 0 Å². The molecule has 0 unspecified atom stereocenters. The van der Waals surface area contributed by atoms with Crippen LogP contribution in [0.2, 0.25) is 5.02 Å². The van der Waals surface area contributed by atoms with Gasteiger partial charge >= 0.3 is 0 Å². The second-order valence-corrected chi connectivity index (χ2v) is 5.01. The number of anilines is 1. The SMILES string of the molecule is Cn1cc(CCNc2ncc(Br)cc2Cl)cn1. The maximum atomic E-state index is 6.04. The molecule has 2 rings (SSSR count). The van der Waals surface area contributed by atoms with Gasteiger partial charge in [-0.2, -0.15) is 5.10 Å². The highest BCUT2D eigenvalue weighted by molar-refractivity contribution is 9.10. The molecule has 2 heterocycles. The van der Waals surface area contributed by atoms with E-state index in [1.807, 2.05) is 25.5 Å². The van der Waals surface area contributed by atoms with Gasteiger partial charge in [-0.25, -0.2) is 4.98 Å². The van der Waals surface area contributed by atoms with E-state index in [1.165, 1.54) is 5.56 Å². The molecular weight excluding hydrogens is 304 g/mol. The molecule has 0 aliphatic carbocycles. The fourth-order valence-corrected chi connectivity index (χ4v) is 2.17. The number of aromatic nitrogens is 3. The van der Waals surface area contributed by atoms with E-state index < -0.39 is 0 Å². The van der Waals surface area contributed by atoms with Gasteiger partial charge in [0.15, 0.2) is 0 Å². The lowest BCUT2D eigenvalue weighted by molar-refractivity contribution is 0.767. The zero-order valence-electron chi connectivity index (χ0n) is 9.32. The van der Waals surface area contributed by atoms with E-state index in [0.717, 1.165) is 17.4 Å². The maximum absolute atomic E-state index is 6.04. The van der Waals surface area contributed by atoms with Crippen LogP contribution in [0.4, 0.5) is 5.82 Å². The smallest absolute Gasteiger partial charge is 0.144 e. The lowest BCUT2D eigenvalue weighted by atomic mass is 10.2. The first kappa shape index (κ1) is 12.4. The summed E-state index contributed by atoms with van der Waals surface area (Å²) in [5, 5.41) is 7.93. The fourth-order valence-electron chi connectivity index (χ4n) is 1.47. The Labute approximate surface area is 113 Å². The summed E-state index contributed by atoms with van der Waals surface area (Å²) in [7, 11) is 1.91. The highest BCUT2D eigenvalue weighted by Gasteiger charge is 2.02. The van der Waals surface area contributed by atoms with Crippen molar-refractivity contribution in [2.24, 2.45) is 7.05 Å². The van der Waals surface area contributed by atoms with E-state index in [-0.39, 0.29) is 0 Å². The molecule has 0 saturated carbocycles. The third-order valence-corrected chi connectivity index (χ3v) is 2.99. The summed E-state index contributed by atoms with van der Waals surface area (Å²) in [6, 6.07) is 1.82. The number of pyridine rings is 1. The van der Waals surface area contributed by atoms with Crippen molar-refractivity contribution < 1.29 is 0 Å². The summed E-state index contributed by atoms with van der Waals surface area (Å²) in [5.74, 6) is 0.707. The zero-order chi connectivity index (χ0) is 12.3. The summed E-state index contributed by atoms with van der Waals surface area (Å²) in [6.45, 7) is 0.778. The van der Waals surface area contributed by atoms with Crippen LogP contribution in [0.5, 0.6) is 0 Å². The monoisotopic (exact) mass is 314 g/mol. The molecule has 17 heavy (non-hydrogen) atoms. The number of nitrogens with one attached hydrogen (secondary N) is 1. The van der Waals surface area contributed by atoms with Gasteiger partial charge in [0.25, 0.3) is 0 Å². The quantitative estimate of drug-likeness (QED) is 0.943. The molecule has 0 radical (unpaired) electrons. The number of rotatable bonds is 4. The summed E-state index contributed by atoms with van der Waals surface area (Å²) in [4.78, 5) is 4.20. The first-order valence-electron chi connectivity index (χ1n) is 5.17. The number of halogens is 2. The Hall–Kier alpha value is -1.07. The predicted octanol–water partition coefficient (Wildman–Crippen LogP) is 2.89. The van der Waals surface area contributed by atoms with Gasteiger partial charge in [0.2, 0.25) is 0 Å². The Morgan fingerprint density at radius 1 is 1.47 bits per heavy atom. The largest absolute Gasteiger partial charge is 0.369 e. The van der Waals surface area contributed by atoms with Gasteiger partial charge in [0, 0.05) is 30.5 Å². The minimum atomic E-state index is 0.616. The molecule has 90 valence electrons. The second kappa shape index (κ2) is 5.51. The molecular formula is C11H12BrClN4. The summed E-state index contributed by atoms with van der Waals surface area (Å²) >= 11 is 9.36. The Morgan fingerprint density at radius 3 is 2.94 bits per heavy atom. The van der Waals surface area contributed by atoms with Crippen LogP contribution in [0.15, 0.2) is 29.1 Å². The second-order valence-electron chi connectivity index (χ2n) is 3.68. The summed E-state index contributed by atoms with van der Waals surface area (Å²) in [5.41, 5.74) is 1.19. The average Bonchev–Trinajstić information content (AvgIpc) is 2.68. The number of aryl methyl sites for hydroxylation is 1. The molecule has 0 spiro atoms. The van der Waals surface area contributed by atoms with Crippen LogP contribution in [0.1, 0.15) is 5.56 Å². The minimum Gasteiger partial charge on any atom is -0.369 e. The van der Waals surface area contributed by atoms with Crippen LogP contribution in [0, 0.1) is 0 Å². The lowest BCUT2D eigenvalue weighted by Gasteiger charge is -2.06. The van der Waals surface area contributed by atoms with Gasteiger partial charge in [-0.3, -0.25) is 4.68 Å². The maximum Gasteiger partial charge on any atom is 0.144 e. The van der Waals surface area contributed by atoms with Gasteiger partial charge in [-0.05, 0) is 34.0 Å². The highest BCUT2D eigenvalue weighted by atomic mass is 79.9. The third kappa shape index (κ3) is 3.44. The van der Waals surface area contributed by atoms with Crippen LogP contribution in [-0.4, -0.2) is 21.3 Å². The van der Waals surface area contributed by atoms with Crippen LogP contribution in [-0.2, 0) is 13.5 Å². The molecule has 1 N–H and O–H groups in total. The molecule has 0 atom stereocenters. The van der Waals surface area contributed by atoms with Crippen molar-refractivity contribution in [1.82, 2.24) is 14.8 Å². The van der Waals surface area contributed by atoms with Crippen LogP contribution in [0.25, 0.3) is 0 Å². The average molecular weight is 316 g/mol. The standard InChI is InChI=1S/C11H12BrClN4/c1-17-7-8(5-16-17)2-3-14-11-10(13)4-9(12)6-15-11/h4-7H,2-3H2,1H3,(H,14,15). The number of nitrogens with zero attached hydrogens (tertiary/aromatic N) is 3. The first-order chi connectivity index (χ1) is 8.15. The molecule has 2 aromatic rings. The van der Waals surface area contributed by atoms with Crippen molar-refractivity contribution in [3.8, 4) is 0 Å². The Kier molecular flexibility index (Phi) is 4.02. The number of hydrogen-bond donors (Lipinski definition) is 1. The molecule has 0 aliphatic rings. The third-order valence-electron chi connectivity index (χ3n) is 2.27. The minimum absolute atomic E-state index is 0.616. The molecule has 2 aromatic heterocycles. The van der Waals surface area contributed by atoms with Gasteiger partial charge in [-0.15, -0.1) is 0 Å². The van der Waals surface area contributed by atoms with E-state index in [0.29, 0.717) is 10.8 Å². The van der Waals surface area contributed by atoms with Crippen molar-refractivity contribution in [3.05, 3.63) is 39.7 Å². The Morgan fingerprint density at radius 2 is 2.29 bits per heavy atom. The van der Waals surface area contributed by atoms with Crippen LogP contribution < -0.4 is 5.32 Å². The van der Waals surface area contributed by atoms with Crippen LogP contribution in [0.3, 0.4) is 0 Å². The molecule has 4 nitrogen and oxygen atoms in total. The fraction of sp³-hybridized carbons (Fsp3) is 0.273. The molecule has 0 bridgehead atoms. The van der Waals surface area contributed by atoms with Crippen LogP contribution >= 0.6 is 27.5 Å². The highest BCUT2D eigenvalue weighted by Crippen LogP contribution is 2.22. The van der Waals surface area contributed by atoms with Crippen molar-refractivity contribution >= 4 is 33.3 Å². The van der Waals surface area contributed by atoms with E-state index >= 15 is 0 Å². The molecule has 0 aromatic carbocycles. The van der Waals surface area contributed by atoms with Gasteiger partial charge in [0.1, 0.15) is 5.82 Å². The van der Waals surface area contributed by atoms with E-state index in [4.69, 9.17) is 11.6 Å². The summed E-state index contributed by atoms with van der Waals surface area (Å²) < 4.78 is 2.67. The molecule has 0 fully saturated rings. The van der Waals surface area contributed by atoms with Gasteiger partial charge < -0.3 is 5.32 Å². The zero-order valence-corrected chi connectivity index (χ0v) is 11.7. The normalized spacial score (nSPS) is 10.5. The molecule has 6 heteroatoms. The van der Waals surface area contributed by atoms with Crippen molar-refractivity contribution in [2.45, 2.75) is 6.42 Å². The first-order valence-corrected chi connectivity index (χ1v) is 6.34. The van der Waals surface area contributed by atoms with Gasteiger partial charge in [0.05, 0.1) is 11.2 Å².